The van der Waals surface area contributed by atoms with Gasteiger partial charge in [-0.2, -0.15) is 4.98 Å². The summed E-state index contributed by atoms with van der Waals surface area (Å²) in [5.41, 5.74) is 0.808. The number of nitrogens with one attached hydrogen (secondary N) is 1. The van der Waals surface area contributed by atoms with Crippen LogP contribution in [0.25, 0.3) is 10.9 Å². The highest BCUT2D eigenvalue weighted by Gasteiger charge is 2.30. The standard InChI is InChI=1S/C23H33N5O3/c1-5-27(6-2)22(29)15-8-7-11-28(14-15)23-25-18-13-20(31-4)19(30-3)12-17(18)21(26-23)24-16-9-10-16/h12-13,15-16H,5-11,14H2,1-4H3,(H,24,25,26). The van der Waals surface area contributed by atoms with Crippen molar-refractivity contribution < 1.29 is 14.3 Å². The first kappa shape index (κ1) is 21.5. The van der Waals surface area contributed by atoms with E-state index in [4.69, 9.17) is 19.4 Å². The molecule has 1 saturated heterocycles. The summed E-state index contributed by atoms with van der Waals surface area (Å²) in [6, 6.07) is 4.29. The van der Waals surface area contributed by atoms with E-state index >= 15 is 0 Å². The van der Waals surface area contributed by atoms with Gasteiger partial charge in [0.2, 0.25) is 11.9 Å². The summed E-state index contributed by atoms with van der Waals surface area (Å²) < 4.78 is 11.0. The van der Waals surface area contributed by atoms with Crippen molar-refractivity contribution in [3.8, 4) is 11.5 Å². The summed E-state index contributed by atoms with van der Waals surface area (Å²) >= 11 is 0. The number of carbonyl (C=O) groups is 1. The van der Waals surface area contributed by atoms with Gasteiger partial charge in [0.25, 0.3) is 0 Å². The topological polar surface area (TPSA) is 79.8 Å². The Labute approximate surface area is 183 Å². The Morgan fingerprint density at radius 3 is 2.48 bits per heavy atom. The van der Waals surface area contributed by atoms with E-state index in [0.29, 0.717) is 30.0 Å². The first-order valence-electron chi connectivity index (χ1n) is 11.3. The quantitative estimate of drug-likeness (QED) is 0.692. The minimum absolute atomic E-state index is 0.0156. The number of hydrogen-bond donors (Lipinski definition) is 1. The number of methoxy groups -OCH3 is 2. The molecule has 1 aliphatic heterocycles. The van der Waals surface area contributed by atoms with Crippen molar-refractivity contribution in [2.75, 3.05) is 50.6 Å². The van der Waals surface area contributed by atoms with E-state index in [1.165, 1.54) is 0 Å². The van der Waals surface area contributed by atoms with E-state index in [1.807, 2.05) is 30.9 Å². The fourth-order valence-electron chi connectivity index (χ4n) is 4.27. The number of aromatic nitrogens is 2. The number of rotatable bonds is 8. The highest BCUT2D eigenvalue weighted by atomic mass is 16.5. The molecule has 1 saturated carbocycles. The molecule has 4 rings (SSSR count). The van der Waals surface area contributed by atoms with E-state index in [2.05, 4.69) is 10.2 Å². The van der Waals surface area contributed by atoms with Crippen LogP contribution in [0.2, 0.25) is 0 Å². The first-order valence-corrected chi connectivity index (χ1v) is 11.3. The van der Waals surface area contributed by atoms with Crippen molar-refractivity contribution in [2.24, 2.45) is 5.92 Å². The minimum atomic E-state index is -0.0156. The number of carbonyl (C=O) groups excluding carboxylic acids is 1. The lowest BCUT2D eigenvalue weighted by Crippen LogP contribution is -2.45. The van der Waals surface area contributed by atoms with Gasteiger partial charge < -0.3 is 24.6 Å². The molecule has 1 unspecified atom stereocenters. The van der Waals surface area contributed by atoms with Gasteiger partial charge in [0.1, 0.15) is 5.82 Å². The largest absolute Gasteiger partial charge is 0.493 e. The fraction of sp³-hybridized carbons (Fsp3) is 0.609. The van der Waals surface area contributed by atoms with Gasteiger partial charge in [-0.15, -0.1) is 0 Å². The molecule has 0 bridgehead atoms. The Morgan fingerprint density at radius 1 is 1.13 bits per heavy atom. The van der Waals surface area contributed by atoms with Crippen LogP contribution in [-0.4, -0.2) is 67.2 Å². The van der Waals surface area contributed by atoms with E-state index in [9.17, 15) is 4.79 Å². The summed E-state index contributed by atoms with van der Waals surface area (Å²) in [5, 5.41) is 4.47. The second-order valence-corrected chi connectivity index (χ2v) is 8.31. The molecule has 0 radical (unpaired) electrons. The SMILES string of the molecule is CCN(CC)C(=O)C1CCCN(c2nc(NC3CC3)c3cc(OC)c(OC)cc3n2)C1. The number of benzene rings is 1. The van der Waals surface area contributed by atoms with Crippen LogP contribution in [0, 0.1) is 5.92 Å². The van der Waals surface area contributed by atoms with Gasteiger partial charge in [0, 0.05) is 43.7 Å². The molecule has 168 valence electrons. The van der Waals surface area contributed by atoms with Crippen LogP contribution < -0.4 is 19.7 Å². The molecule has 2 fully saturated rings. The Kier molecular flexibility index (Phi) is 6.34. The molecule has 1 aromatic heterocycles. The number of ether oxygens (including phenoxy) is 2. The number of piperidine rings is 1. The molecule has 0 spiro atoms. The van der Waals surface area contributed by atoms with Gasteiger partial charge in [-0.25, -0.2) is 4.98 Å². The molecule has 2 heterocycles. The lowest BCUT2D eigenvalue weighted by molar-refractivity contribution is -0.135. The number of anilines is 2. The van der Waals surface area contributed by atoms with Gasteiger partial charge in [-0.1, -0.05) is 0 Å². The molecule has 1 aliphatic carbocycles. The van der Waals surface area contributed by atoms with Crippen LogP contribution in [0.15, 0.2) is 12.1 Å². The van der Waals surface area contributed by atoms with Gasteiger partial charge in [0.15, 0.2) is 11.5 Å². The number of amides is 1. The number of fused-ring (bicyclic) bond motifs is 1. The average Bonchev–Trinajstić information content (AvgIpc) is 3.63. The fourth-order valence-corrected chi connectivity index (χ4v) is 4.27. The van der Waals surface area contributed by atoms with Crippen molar-refractivity contribution in [3.63, 3.8) is 0 Å². The van der Waals surface area contributed by atoms with Gasteiger partial charge in [-0.3, -0.25) is 4.79 Å². The van der Waals surface area contributed by atoms with Crippen LogP contribution in [0.1, 0.15) is 39.5 Å². The third-order valence-corrected chi connectivity index (χ3v) is 6.24. The van der Waals surface area contributed by atoms with Gasteiger partial charge >= 0.3 is 0 Å². The van der Waals surface area contributed by atoms with Crippen molar-refractivity contribution in [1.29, 1.82) is 0 Å². The lowest BCUT2D eigenvalue weighted by Gasteiger charge is -2.34. The molecule has 1 atom stereocenters. The lowest BCUT2D eigenvalue weighted by atomic mass is 9.96. The average molecular weight is 428 g/mol. The Hall–Kier alpha value is -2.77. The maximum Gasteiger partial charge on any atom is 0.227 e. The summed E-state index contributed by atoms with van der Waals surface area (Å²) in [4.78, 5) is 26.8. The van der Waals surface area contributed by atoms with Crippen LogP contribution in [-0.2, 0) is 4.79 Å². The van der Waals surface area contributed by atoms with E-state index in [-0.39, 0.29) is 11.8 Å². The van der Waals surface area contributed by atoms with Gasteiger partial charge in [-0.05, 0) is 45.6 Å². The van der Waals surface area contributed by atoms with Crippen LogP contribution in [0.3, 0.4) is 0 Å². The molecule has 1 amide bonds. The summed E-state index contributed by atoms with van der Waals surface area (Å²) in [5.74, 6) is 3.01. The smallest absolute Gasteiger partial charge is 0.227 e. The third-order valence-electron chi connectivity index (χ3n) is 6.24. The molecule has 2 aliphatic rings. The monoisotopic (exact) mass is 427 g/mol. The number of nitrogens with zero attached hydrogens (tertiary/aromatic N) is 4. The first-order chi connectivity index (χ1) is 15.1. The Bertz CT molecular complexity index is 942. The maximum atomic E-state index is 12.9. The molecule has 2 aromatic rings. The Balaban J connectivity index is 1.68. The zero-order chi connectivity index (χ0) is 22.0. The van der Waals surface area contributed by atoms with Gasteiger partial charge in [0.05, 0.1) is 25.7 Å². The molecule has 8 nitrogen and oxygen atoms in total. The summed E-state index contributed by atoms with van der Waals surface area (Å²) in [6.07, 6.45) is 4.17. The molecule has 8 heteroatoms. The van der Waals surface area contributed by atoms with Crippen LogP contribution >= 0.6 is 0 Å². The normalized spacial score (nSPS) is 18.7. The Morgan fingerprint density at radius 2 is 1.84 bits per heavy atom. The number of hydrogen-bond acceptors (Lipinski definition) is 7. The second kappa shape index (κ2) is 9.16. The molecular formula is C23H33N5O3. The molecule has 1 N–H and O–H groups in total. The van der Waals surface area contributed by atoms with Crippen molar-refractivity contribution in [3.05, 3.63) is 12.1 Å². The van der Waals surface area contributed by atoms with Crippen molar-refractivity contribution in [1.82, 2.24) is 14.9 Å². The predicted octanol–water partition coefficient (Wildman–Crippen LogP) is 3.31. The van der Waals surface area contributed by atoms with Crippen molar-refractivity contribution in [2.45, 2.75) is 45.6 Å². The molecule has 31 heavy (non-hydrogen) atoms. The predicted molar refractivity (Wildman–Crippen MR) is 122 cm³/mol. The summed E-state index contributed by atoms with van der Waals surface area (Å²) in [6.45, 7) is 7.06. The van der Waals surface area contributed by atoms with E-state index in [1.54, 1.807) is 14.2 Å². The highest BCUT2D eigenvalue weighted by molar-refractivity contribution is 5.93. The third kappa shape index (κ3) is 4.48. The second-order valence-electron chi connectivity index (χ2n) is 8.31. The zero-order valence-corrected chi connectivity index (χ0v) is 19.0. The zero-order valence-electron chi connectivity index (χ0n) is 19.0. The maximum absolute atomic E-state index is 12.9. The van der Waals surface area contributed by atoms with E-state index in [0.717, 1.165) is 62.0 Å². The van der Waals surface area contributed by atoms with Crippen LogP contribution in [0.5, 0.6) is 11.5 Å². The highest BCUT2D eigenvalue weighted by Crippen LogP contribution is 2.37. The minimum Gasteiger partial charge on any atom is -0.493 e. The molecule has 1 aromatic carbocycles. The van der Waals surface area contributed by atoms with Crippen molar-refractivity contribution >= 4 is 28.6 Å². The molecular weight excluding hydrogens is 394 g/mol. The summed E-state index contributed by atoms with van der Waals surface area (Å²) in [7, 11) is 3.26. The van der Waals surface area contributed by atoms with E-state index < -0.39 is 0 Å². The van der Waals surface area contributed by atoms with Crippen LogP contribution in [0.4, 0.5) is 11.8 Å².